The molecule has 0 aromatic heterocycles. The van der Waals surface area contributed by atoms with Gasteiger partial charge in [0.05, 0.1) is 0 Å². The highest BCUT2D eigenvalue weighted by atomic mass is 16.3. The third kappa shape index (κ3) is 4.50. The van der Waals surface area contributed by atoms with Gasteiger partial charge in [0.25, 0.3) is 0 Å². The largest absolute Gasteiger partial charge is 0.385 e. The topological polar surface area (TPSA) is 37.3 Å². The van der Waals surface area contributed by atoms with Crippen LogP contribution in [0.25, 0.3) is 0 Å². The quantitative estimate of drug-likeness (QED) is 0.594. The van der Waals surface area contributed by atoms with E-state index in [1.807, 2.05) is 0 Å². The van der Waals surface area contributed by atoms with Gasteiger partial charge in [0.1, 0.15) is 6.10 Å². The van der Waals surface area contributed by atoms with Gasteiger partial charge >= 0.3 is 0 Å². The van der Waals surface area contributed by atoms with Gasteiger partial charge < -0.3 is 5.11 Å². The number of ketones is 1. The molecular formula is C8H16O2. The number of aliphatic hydroxyl groups excluding tert-OH is 1. The molecule has 0 heterocycles. The molecule has 10 heavy (non-hydrogen) atoms. The van der Waals surface area contributed by atoms with Crippen LogP contribution in [0.4, 0.5) is 0 Å². The second-order valence-corrected chi connectivity index (χ2v) is 2.62. The van der Waals surface area contributed by atoms with Gasteiger partial charge in [0, 0.05) is 0 Å². The fraction of sp³-hybridized carbons (Fsp3) is 0.875. The van der Waals surface area contributed by atoms with Crippen LogP contribution < -0.4 is 0 Å². The summed E-state index contributed by atoms with van der Waals surface area (Å²) in [5, 5.41) is 9.00. The van der Waals surface area contributed by atoms with Crippen LogP contribution >= 0.6 is 0 Å². The monoisotopic (exact) mass is 144 g/mol. The highest BCUT2D eigenvalue weighted by Gasteiger charge is 2.07. The van der Waals surface area contributed by atoms with E-state index in [1.165, 1.54) is 6.92 Å². The number of hydrogen-bond acceptors (Lipinski definition) is 2. The van der Waals surface area contributed by atoms with E-state index in [0.29, 0.717) is 6.42 Å². The summed E-state index contributed by atoms with van der Waals surface area (Å²) in [6, 6.07) is 0. The molecular weight excluding hydrogens is 128 g/mol. The first-order valence-corrected chi connectivity index (χ1v) is 3.87. The zero-order valence-corrected chi connectivity index (χ0v) is 6.76. The third-order valence-corrected chi connectivity index (χ3v) is 1.55. The Hall–Kier alpha value is -0.370. The van der Waals surface area contributed by atoms with Crippen molar-refractivity contribution in [3.63, 3.8) is 0 Å². The molecule has 2 nitrogen and oxygen atoms in total. The molecule has 2 heteroatoms. The van der Waals surface area contributed by atoms with Crippen LogP contribution in [0.2, 0.25) is 0 Å². The normalized spacial score (nSPS) is 13.1. The van der Waals surface area contributed by atoms with Gasteiger partial charge in [0.15, 0.2) is 5.78 Å². The van der Waals surface area contributed by atoms with E-state index in [9.17, 15) is 4.79 Å². The van der Waals surface area contributed by atoms with Crippen LogP contribution in [0, 0.1) is 0 Å². The summed E-state index contributed by atoms with van der Waals surface area (Å²) in [6.07, 6.45) is 3.10. The van der Waals surface area contributed by atoms with Crippen molar-refractivity contribution >= 4 is 5.78 Å². The van der Waals surface area contributed by atoms with Crippen molar-refractivity contribution in [1.29, 1.82) is 0 Å². The Balaban J connectivity index is 3.21. The first-order chi connectivity index (χ1) is 4.68. The number of unbranched alkanes of at least 4 members (excludes halogenated alkanes) is 2. The molecule has 0 aromatic carbocycles. The lowest BCUT2D eigenvalue weighted by Gasteiger charge is -2.04. The fourth-order valence-corrected chi connectivity index (χ4v) is 0.791. The lowest BCUT2D eigenvalue weighted by atomic mass is 10.1. The molecule has 60 valence electrons. The zero-order valence-electron chi connectivity index (χ0n) is 6.76. The average molecular weight is 144 g/mol. The van der Waals surface area contributed by atoms with Crippen LogP contribution in [0.5, 0.6) is 0 Å². The zero-order chi connectivity index (χ0) is 7.98. The minimum atomic E-state index is -0.716. The SMILES string of the molecule is CCCCCC(O)C(C)=O. The van der Waals surface area contributed by atoms with E-state index in [4.69, 9.17) is 5.11 Å². The van der Waals surface area contributed by atoms with Crippen molar-refractivity contribution in [2.45, 2.75) is 45.6 Å². The second-order valence-electron chi connectivity index (χ2n) is 2.62. The highest BCUT2D eigenvalue weighted by molar-refractivity contribution is 5.79. The van der Waals surface area contributed by atoms with Crippen molar-refractivity contribution in [3.05, 3.63) is 0 Å². The fourth-order valence-electron chi connectivity index (χ4n) is 0.791. The Morgan fingerprint density at radius 2 is 2.10 bits per heavy atom. The van der Waals surface area contributed by atoms with Crippen molar-refractivity contribution in [2.24, 2.45) is 0 Å². The van der Waals surface area contributed by atoms with E-state index in [2.05, 4.69) is 6.92 Å². The Morgan fingerprint density at radius 3 is 2.50 bits per heavy atom. The standard InChI is InChI=1S/C8H16O2/c1-3-4-5-6-8(10)7(2)9/h8,10H,3-6H2,1-2H3. The highest BCUT2D eigenvalue weighted by Crippen LogP contribution is 2.03. The Morgan fingerprint density at radius 1 is 1.50 bits per heavy atom. The summed E-state index contributed by atoms with van der Waals surface area (Å²) >= 11 is 0. The van der Waals surface area contributed by atoms with Crippen LogP contribution in [0.3, 0.4) is 0 Å². The maximum absolute atomic E-state index is 10.5. The molecule has 0 aliphatic heterocycles. The van der Waals surface area contributed by atoms with Gasteiger partial charge in [-0.05, 0) is 13.3 Å². The number of carbonyl (C=O) groups is 1. The van der Waals surface area contributed by atoms with Crippen LogP contribution in [0.15, 0.2) is 0 Å². The molecule has 1 N–H and O–H groups in total. The molecule has 0 fully saturated rings. The van der Waals surface area contributed by atoms with E-state index < -0.39 is 6.10 Å². The van der Waals surface area contributed by atoms with Crippen LogP contribution in [-0.2, 0) is 4.79 Å². The van der Waals surface area contributed by atoms with Gasteiger partial charge in [-0.15, -0.1) is 0 Å². The lowest BCUT2D eigenvalue weighted by Crippen LogP contribution is -2.16. The molecule has 0 bridgehead atoms. The number of aliphatic hydroxyl groups is 1. The van der Waals surface area contributed by atoms with Gasteiger partial charge in [-0.25, -0.2) is 0 Å². The first kappa shape index (κ1) is 9.63. The third-order valence-electron chi connectivity index (χ3n) is 1.55. The van der Waals surface area contributed by atoms with Crippen molar-refractivity contribution in [2.75, 3.05) is 0 Å². The number of rotatable bonds is 5. The maximum atomic E-state index is 10.5. The molecule has 1 atom stereocenters. The molecule has 0 spiro atoms. The molecule has 1 unspecified atom stereocenters. The van der Waals surface area contributed by atoms with Crippen molar-refractivity contribution in [1.82, 2.24) is 0 Å². The predicted molar refractivity (Wildman–Crippen MR) is 40.8 cm³/mol. The molecule has 0 rings (SSSR count). The summed E-state index contributed by atoms with van der Waals surface area (Å²) in [5.41, 5.74) is 0. The predicted octanol–water partition coefficient (Wildman–Crippen LogP) is 1.52. The van der Waals surface area contributed by atoms with Crippen LogP contribution in [-0.4, -0.2) is 17.0 Å². The van der Waals surface area contributed by atoms with Gasteiger partial charge in [-0.3, -0.25) is 4.79 Å². The van der Waals surface area contributed by atoms with E-state index in [0.717, 1.165) is 19.3 Å². The number of Topliss-reactive ketones (excluding diaryl/α,β-unsaturated/α-hetero) is 1. The summed E-state index contributed by atoms with van der Waals surface area (Å²) < 4.78 is 0. The van der Waals surface area contributed by atoms with Crippen molar-refractivity contribution < 1.29 is 9.90 Å². The summed E-state index contributed by atoms with van der Waals surface area (Å²) in [4.78, 5) is 10.5. The molecule has 0 amide bonds. The summed E-state index contributed by atoms with van der Waals surface area (Å²) in [6.45, 7) is 3.52. The minimum Gasteiger partial charge on any atom is -0.385 e. The smallest absolute Gasteiger partial charge is 0.158 e. The van der Waals surface area contributed by atoms with Crippen LogP contribution in [0.1, 0.15) is 39.5 Å². The summed E-state index contributed by atoms with van der Waals surface area (Å²) in [7, 11) is 0. The Bertz CT molecular complexity index is 99.4. The van der Waals surface area contributed by atoms with Crippen molar-refractivity contribution in [3.8, 4) is 0 Å². The van der Waals surface area contributed by atoms with E-state index in [1.54, 1.807) is 0 Å². The summed E-state index contributed by atoms with van der Waals surface area (Å²) in [5.74, 6) is -0.115. The molecule has 0 aromatic rings. The maximum Gasteiger partial charge on any atom is 0.158 e. The molecule has 0 aliphatic rings. The molecule has 0 aliphatic carbocycles. The van der Waals surface area contributed by atoms with Gasteiger partial charge in [-0.1, -0.05) is 26.2 Å². The number of carbonyl (C=O) groups excluding carboxylic acids is 1. The Kier molecular flexibility index (Phi) is 5.22. The van der Waals surface area contributed by atoms with Gasteiger partial charge in [0.2, 0.25) is 0 Å². The molecule has 0 saturated heterocycles. The molecule has 0 radical (unpaired) electrons. The molecule has 0 saturated carbocycles. The number of hydrogen-bond donors (Lipinski definition) is 1. The van der Waals surface area contributed by atoms with E-state index in [-0.39, 0.29) is 5.78 Å². The average Bonchev–Trinajstić information content (AvgIpc) is 1.88. The van der Waals surface area contributed by atoms with E-state index >= 15 is 0 Å². The lowest BCUT2D eigenvalue weighted by molar-refractivity contribution is -0.125. The minimum absolute atomic E-state index is 0.115. The first-order valence-electron chi connectivity index (χ1n) is 3.87. The second kappa shape index (κ2) is 5.42. The Labute approximate surface area is 62.2 Å². The van der Waals surface area contributed by atoms with Gasteiger partial charge in [-0.2, -0.15) is 0 Å².